The van der Waals surface area contributed by atoms with Crippen LogP contribution in [0.4, 0.5) is 0 Å². The molecular weight excluding hydrogens is 324 g/mol. The molecule has 2 amide bonds. The number of carboxylic acid groups (broad SMARTS) is 1. The molecule has 134 valence electrons. The third kappa shape index (κ3) is 3.99. The van der Waals surface area contributed by atoms with Gasteiger partial charge in [0.05, 0.1) is 24.7 Å². The van der Waals surface area contributed by atoms with Crippen LogP contribution in [-0.4, -0.2) is 72.1 Å². The molecule has 1 unspecified atom stereocenters. The molecule has 0 radical (unpaired) electrons. The number of benzene rings is 1. The fraction of sp³-hybridized carbons (Fsp3) is 0.500. The zero-order valence-corrected chi connectivity index (χ0v) is 14.0. The lowest BCUT2D eigenvalue weighted by Gasteiger charge is -2.36. The minimum atomic E-state index is -1.06. The maximum absolute atomic E-state index is 12.7. The summed E-state index contributed by atoms with van der Waals surface area (Å²) >= 11 is 0. The first-order valence-corrected chi connectivity index (χ1v) is 8.55. The predicted molar refractivity (Wildman–Crippen MR) is 89.4 cm³/mol. The van der Waals surface area contributed by atoms with Gasteiger partial charge in [-0.15, -0.1) is 0 Å². The number of hydrogen-bond donors (Lipinski definition) is 1. The fourth-order valence-corrected chi connectivity index (χ4v) is 3.37. The highest BCUT2D eigenvalue weighted by Gasteiger charge is 2.32. The molecule has 0 saturated carbocycles. The molecule has 0 aromatic heterocycles. The molecule has 1 N–H and O–H groups in total. The van der Waals surface area contributed by atoms with Crippen LogP contribution in [0.25, 0.3) is 0 Å². The molecule has 2 fully saturated rings. The Labute approximate surface area is 146 Å². The summed E-state index contributed by atoms with van der Waals surface area (Å²) in [5, 5.41) is 9.08. The van der Waals surface area contributed by atoms with E-state index in [1.807, 2.05) is 4.90 Å². The molecule has 2 heterocycles. The van der Waals surface area contributed by atoms with E-state index in [0.717, 1.165) is 12.8 Å². The van der Waals surface area contributed by atoms with E-state index < -0.39 is 5.97 Å². The van der Waals surface area contributed by atoms with E-state index in [2.05, 4.69) is 0 Å². The van der Waals surface area contributed by atoms with Crippen LogP contribution in [0.2, 0.25) is 0 Å². The van der Waals surface area contributed by atoms with E-state index in [9.17, 15) is 14.4 Å². The van der Waals surface area contributed by atoms with Crippen LogP contribution in [0.3, 0.4) is 0 Å². The Hall–Kier alpha value is -2.41. The molecule has 0 spiro atoms. The van der Waals surface area contributed by atoms with Gasteiger partial charge in [-0.2, -0.15) is 0 Å². The van der Waals surface area contributed by atoms with Gasteiger partial charge in [0.15, 0.2) is 0 Å². The number of carboxylic acids is 1. The van der Waals surface area contributed by atoms with Gasteiger partial charge >= 0.3 is 5.97 Å². The van der Waals surface area contributed by atoms with Gasteiger partial charge in [0.2, 0.25) is 5.91 Å². The van der Waals surface area contributed by atoms with E-state index in [-0.39, 0.29) is 23.3 Å². The number of amides is 2. The summed E-state index contributed by atoms with van der Waals surface area (Å²) in [7, 11) is 0. The van der Waals surface area contributed by atoms with Gasteiger partial charge in [0.1, 0.15) is 0 Å². The number of ether oxygens (including phenoxy) is 1. The Morgan fingerprint density at radius 1 is 1.04 bits per heavy atom. The van der Waals surface area contributed by atoms with Gasteiger partial charge in [-0.05, 0) is 31.0 Å². The van der Waals surface area contributed by atoms with Crippen molar-refractivity contribution in [3.05, 3.63) is 35.4 Å². The maximum atomic E-state index is 12.7. The quantitative estimate of drug-likeness (QED) is 0.885. The van der Waals surface area contributed by atoms with Crippen molar-refractivity contribution in [2.75, 3.05) is 39.4 Å². The molecule has 7 heteroatoms. The minimum absolute atomic E-state index is 0.0834. The van der Waals surface area contributed by atoms with Crippen LogP contribution in [0.5, 0.6) is 0 Å². The average Bonchev–Trinajstić information content (AvgIpc) is 2.67. The first kappa shape index (κ1) is 17.4. The number of likely N-dealkylation sites (tertiary alicyclic amines) is 1. The molecule has 1 aromatic rings. The molecular formula is C18H22N2O5. The van der Waals surface area contributed by atoms with Crippen LogP contribution in [0.15, 0.2) is 24.3 Å². The number of carbonyl (C=O) groups excluding carboxylic acids is 2. The molecule has 1 atom stereocenters. The molecule has 0 bridgehead atoms. The first-order chi connectivity index (χ1) is 12.1. The van der Waals surface area contributed by atoms with E-state index in [1.54, 1.807) is 17.0 Å². The Morgan fingerprint density at radius 3 is 2.48 bits per heavy atom. The lowest BCUT2D eigenvalue weighted by atomic mass is 9.95. The van der Waals surface area contributed by atoms with Gasteiger partial charge in [-0.1, -0.05) is 6.07 Å². The number of hydrogen-bond acceptors (Lipinski definition) is 4. The van der Waals surface area contributed by atoms with Gasteiger partial charge in [0.25, 0.3) is 5.91 Å². The average molecular weight is 346 g/mol. The van der Waals surface area contributed by atoms with Crippen molar-refractivity contribution >= 4 is 17.8 Å². The SMILES string of the molecule is O=C(O)c1cccc(C(=O)N2CCCC(C(=O)N3CCOCC3)C2)c1. The molecule has 3 rings (SSSR count). The highest BCUT2D eigenvalue weighted by Crippen LogP contribution is 2.21. The standard InChI is InChI=1S/C18H22N2O5/c21-16(13-3-1-4-14(11-13)18(23)24)20-6-2-5-15(12-20)17(22)19-7-9-25-10-8-19/h1,3-4,11,15H,2,5-10,12H2,(H,23,24). The Kier molecular flexibility index (Phi) is 5.33. The molecule has 25 heavy (non-hydrogen) atoms. The molecule has 1 aromatic carbocycles. The summed E-state index contributed by atoms with van der Waals surface area (Å²) in [4.78, 5) is 39.9. The molecule has 2 aliphatic rings. The summed E-state index contributed by atoms with van der Waals surface area (Å²) in [6.45, 7) is 3.29. The number of aromatic carboxylic acids is 1. The van der Waals surface area contributed by atoms with E-state index in [4.69, 9.17) is 9.84 Å². The van der Waals surface area contributed by atoms with Crippen LogP contribution in [0, 0.1) is 5.92 Å². The summed E-state index contributed by atoms with van der Waals surface area (Å²) in [5.74, 6) is -1.39. The van der Waals surface area contributed by atoms with Crippen molar-refractivity contribution in [2.24, 2.45) is 5.92 Å². The number of piperidine rings is 1. The maximum Gasteiger partial charge on any atom is 0.335 e. The molecule has 7 nitrogen and oxygen atoms in total. The normalized spacial score (nSPS) is 21.0. The highest BCUT2D eigenvalue weighted by molar-refractivity contribution is 5.97. The van der Waals surface area contributed by atoms with Crippen molar-refractivity contribution in [3.8, 4) is 0 Å². The second-order valence-corrected chi connectivity index (χ2v) is 6.41. The fourth-order valence-electron chi connectivity index (χ4n) is 3.37. The molecule has 0 aliphatic carbocycles. The van der Waals surface area contributed by atoms with Crippen molar-refractivity contribution in [2.45, 2.75) is 12.8 Å². The van der Waals surface area contributed by atoms with Crippen molar-refractivity contribution in [1.82, 2.24) is 9.80 Å². The van der Waals surface area contributed by atoms with Crippen LogP contribution in [0.1, 0.15) is 33.6 Å². The number of nitrogens with zero attached hydrogens (tertiary/aromatic N) is 2. The summed E-state index contributed by atoms with van der Waals surface area (Å²) in [6.07, 6.45) is 1.54. The number of rotatable bonds is 3. The van der Waals surface area contributed by atoms with Gasteiger partial charge in [-0.3, -0.25) is 9.59 Å². The van der Waals surface area contributed by atoms with Crippen LogP contribution < -0.4 is 0 Å². The Morgan fingerprint density at radius 2 is 1.76 bits per heavy atom. The largest absolute Gasteiger partial charge is 0.478 e. The second kappa shape index (κ2) is 7.65. The van der Waals surface area contributed by atoms with E-state index >= 15 is 0 Å². The van der Waals surface area contributed by atoms with Crippen molar-refractivity contribution in [3.63, 3.8) is 0 Å². The van der Waals surface area contributed by atoms with Crippen LogP contribution in [-0.2, 0) is 9.53 Å². The smallest absolute Gasteiger partial charge is 0.335 e. The lowest BCUT2D eigenvalue weighted by molar-refractivity contribution is -0.141. The lowest BCUT2D eigenvalue weighted by Crippen LogP contribution is -2.49. The Balaban J connectivity index is 1.68. The third-order valence-corrected chi connectivity index (χ3v) is 4.74. The topological polar surface area (TPSA) is 87.2 Å². The summed E-state index contributed by atoms with van der Waals surface area (Å²) in [5.41, 5.74) is 0.433. The third-order valence-electron chi connectivity index (χ3n) is 4.74. The van der Waals surface area contributed by atoms with Gasteiger partial charge in [0, 0.05) is 31.7 Å². The van der Waals surface area contributed by atoms with Crippen molar-refractivity contribution < 1.29 is 24.2 Å². The first-order valence-electron chi connectivity index (χ1n) is 8.55. The monoisotopic (exact) mass is 346 g/mol. The highest BCUT2D eigenvalue weighted by atomic mass is 16.5. The number of morpholine rings is 1. The van der Waals surface area contributed by atoms with Crippen molar-refractivity contribution in [1.29, 1.82) is 0 Å². The van der Waals surface area contributed by atoms with Crippen LogP contribution >= 0.6 is 0 Å². The van der Waals surface area contributed by atoms with Gasteiger partial charge < -0.3 is 19.6 Å². The zero-order valence-electron chi connectivity index (χ0n) is 14.0. The predicted octanol–water partition coefficient (Wildman–Crippen LogP) is 1.10. The van der Waals surface area contributed by atoms with E-state index in [0.29, 0.717) is 45.0 Å². The second-order valence-electron chi connectivity index (χ2n) is 6.41. The molecule has 2 aliphatic heterocycles. The van der Waals surface area contributed by atoms with E-state index in [1.165, 1.54) is 12.1 Å². The summed E-state index contributed by atoms with van der Waals surface area (Å²) in [6, 6.07) is 6.03. The molecule has 2 saturated heterocycles. The zero-order chi connectivity index (χ0) is 17.8. The van der Waals surface area contributed by atoms with Gasteiger partial charge in [-0.25, -0.2) is 4.79 Å². The Bertz CT molecular complexity index is 669. The summed E-state index contributed by atoms with van der Waals surface area (Å²) < 4.78 is 5.28. The minimum Gasteiger partial charge on any atom is -0.478 e. The number of carbonyl (C=O) groups is 3.